The smallest absolute Gasteiger partial charge is 0.275 e. The summed E-state index contributed by atoms with van der Waals surface area (Å²) in [5.74, 6) is -0.758. The third-order valence-electron chi connectivity index (χ3n) is 3.51. The lowest BCUT2D eigenvalue weighted by Crippen LogP contribution is -2.25. The minimum Gasteiger partial charge on any atom is -0.378 e. The Morgan fingerprint density at radius 2 is 2.41 bits per heavy atom. The highest BCUT2D eigenvalue weighted by molar-refractivity contribution is 7.09. The maximum atomic E-state index is 14.5. The molecule has 1 aliphatic heterocycles. The zero-order valence-electron chi connectivity index (χ0n) is 12.1. The number of halogens is 1. The summed E-state index contributed by atoms with van der Waals surface area (Å²) < 4.78 is 19.4. The zero-order valence-corrected chi connectivity index (χ0v) is 12.9. The average Bonchev–Trinajstić information content (AvgIpc) is 2.99. The summed E-state index contributed by atoms with van der Waals surface area (Å²) in [6.07, 6.45) is 0.625. The number of carbonyl (C=O) groups excluding carboxylic acids is 1. The molecule has 0 spiro atoms. The van der Waals surface area contributed by atoms with Crippen LogP contribution in [0.1, 0.15) is 26.6 Å². The second-order valence-electron chi connectivity index (χ2n) is 5.01. The van der Waals surface area contributed by atoms with E-state index in [9.17, 15) is 9.18 Å². The molecule has 0 fully saturated rings. The van der Waals surface area contributed by atoms with Gasteiger partial charge in [-0.15, -0.1) is 11.3 Å². The standard InChI is InChI=1S/C15H16FN3O2S/c1-21-7-13-18-12(8-22-13)15(20)19-11-3-2-9-6-17-5-4-10(9)14(11)16/h2-3,8,17H,4-7H2,1H3,(H,19,20). The first-order valence-corrected chi connectivity index (χ1v) is 7.82. The number of nitrogens with one attached hydrogen (secondary N) is 2. The van der Waals surface area contributed by atoms with E-state index in [0.29, 0.717) is 30.1 Å². The first-order valence-electron chi connectivity index (χ1n) is 6.94. The van der Waals surface area contributed by atoms with E-state index >= 15 is 0 Å². The van der Waals surface area contributed by atoms with Crippen LogP contribution in [0.3, 0.4) is 0 Å². The van der Waals surface area contributed by atoms with Gasteiger partial charge in [0.1, 0.15) is 16.5 Å². The van der Waals surface area contributed by atoms with Gasteiger partial charge in [0.15, 0.2) is 0 Å². The minimum atomic E-state index is -0.411. The van der Waals surface area contributed by atoms with Crippen LogP contribution in [0.5, 0.6) is 0 Å². The van der Waals surface area contributed by atoms with E-state index in [1.807, 2.05) is 6.07 Å². The molecule has 0 saturated carbocycles. The molecule has 7 heteroatoms. The van der Waals surface area contributed by atoms with Crippen molar-refractivity contribution in [2.24, 2.45) is 0 Å². The van der Waals surface area contributed by atoms with Crippen molar-refractivity contribution < 1.29 is 13.9 Å². The van der Waals surface area contributed by atoms with Crippen molar-refractivity contribution in [1.29, 1.82) is 0 Å². The molecule has 116 valence electrons. The molecular formula is C15H16FN3O2S. The molecule has 1 aromatic heterocycles. The molecule has 2 N–H and O–H groups in total. The molecule has 0 atom stereocenters. The number of carbonyl (C=O) groups is 1. The van der Waals surface area contributed by atoms with Crippen LogP contribution in [0.25, 0.3) is 0 Å². The summed E-state index contributed by atoms with van der Waals surface area (Å²) >= 11 is 1.34. The number of aromatic nitrogens is 1. The number of fused-ring (bicyclic) bond motifs is 1. The molecule has 0 saturated heterocycles. The third kappa shape index (κ3) is 3.01. The van der Waals surface area contributed by atoms with Crippen LogP contribution in [0.4, 0.5) is 10.1 Å². The molecule has 0 unspecified atom stereocenters. The quantitative estimate of drug-likeness (QED) is 0.907. The van der Waals surface area contributed by atoms with Gasteiger partial charge in [0.05, 0.1) is 12.3 Å². The largest absolute Gasteiger partial charge is 0.378 e. The molecule has 3 rings (SSSR count). The van der Waals surface area contributed by atoms with Gasteiger partial charge in [0, 0.05) is 19.0 Å². The lowest BCUT2D eigenvalue weighted by Gasteiger charge is -2.19. The summed E-state index contributed by atoms with van der Waals surface area (Å²) in [7, 11) is 1.57. The highest BCUT2D eigenvalue weighted by atomic mass is 32.1. The highest BCUT2D eigenvalue weighted by Gasteiger charge is 2.19. The lowest BCUT2D eigenvalue weighted by molar-refractivity contribution is 0.102. The Morgan fingerprint density at radius 1 is 1.55 bits per heavy atom. The lowest BCUT2D eigenvalue weighted by atomic mass is 9.99. The Hall–Kier alpha value is -1.83. The molecule has 0 bridgehead atoms. The summed E-state index contributed by atoms with van der Waals surface area (Å²) in [5, 5.41) is 8.15. The zero-order chi connectivity index (χ0) is 15.5. The van der Waals surface area contributed by atoms with Gasteiger partial charge in [-0.25, -0.2) is 9.37 Å². The molecule has 1 amide bonds. The van der Waals surface area contributed by atoms with E-state index in [0.717, 1.165) is 12.1 Å². The SMILES string of the molecule is COCc1nc(C(=O)Nc2ccc3c(c2F)CCNC3)cs1. The molecular weight excluding hydrogens is 305 g/mol. The van der Waals surface area contributed by atoms with Crippen molar-refractivity contribution in [3.05, 3.63) is 45.2 Å². The fraction of sp³-hybridized carbons (Fsp3) is 0.333. The Morgan fingerprint density at radius 3 is 3.23 bits per heavy atom. The van der Waals surface area contributed by atoms with Crippen molar-refractivity contribution in [3.8, 4) is 0 Å². The first-order chi connectivity index (χ1) is 10.7. The van der Waals surface area contributed by atoms with Crippen molar-refractivity contribution >= 4 is 22.9 Å². The Bertz CT molecular complexity index is 702. The van der Waals surface area contributed by atoms with E-state index < -0.39 is 5.91 Å². The van der Waals surface area contributed by atoms with Crippen LogP contribution in [0.15, 0.2) is 17.5 Å². The Balaban J connectivity index is 1.78. The topological polar surface area (TPSA) is 63.2 Å². The van der Waals surface area contributed by atoms with Crippen molar-refractivity contribution in [2.75, 3.05) is 19.0 Å². The summed E-state index contributed by atoms with van der Waals surface area (Å²) in [6, 6.07) is 3.44. The van der Waals surface area contributed by atoms with Crippen LogP contribution in [-0.4, -0.2) is 24.5 Å². The number of methoxy groups -OCH3 is 1. The molecule has 0 aliphatic carbocycles. The molecule has 2 aromatic rings. The molecule has 2 heterocycles. The van der Waals surface area contributed by atoms with Gasteiger partial charge in [0.25, 0.3) is 5.91 Å². The normalized spacial score (nSPS) is 13.7. The van der Waals surface area contributed by atoms with Gasteiger partial charge in [-0.2, -0.15) is 0 Å². The van der Waals surface area contributed by atoms with Crippen LogP contribution in [-0.2, 0) is 24.3 Å². The summed E-state index contributed by atoms with van der Waals surface area (Å²) in [4.78, 5) is 16.3. The van der Waals surface area contributed by atoms with E-state index in [2.05, 4.69) is 15.6 Å². The van der Waals surface area contributed by atoms with Gasteiger partial charge < -0.3 is 15.4 Å². The number of amides is 1. The summed E-state index contributed by atoms with van der Waals surface area (Å²) in [5.41, 5.74) is 2.09. The number of hydrogen-bond donors (Lipinski definition) is 2. The molecule has 5 nitrogen and oxygen atoms in total. The van der Waals surface area contributed by atoms with Crippen LogP contribution < -0.4 is 10.6 Å². The van der Waals surface area contributed by atoms with Crippen molar-refractivity contribution in [1.82, 2.24) is 10.3 Å². The van der Waals surface area contributed by atoms with Crippen LogP contribution in [0, 0.1) is 5.82 Å². The number of rotatable bonds is 4. The number of thiazole rings is 1. The predicted molar refractivity (Wildman–Crippen MR) is 82.6 cm³/mol. The maximum absolute atomic E-state index is 14.5. The molecule has 1 aromatic carbocycles. The number of ether oxygens (including phenoxy) is 1. The Kier molecular flexibility index (Phi) is 4.47. The monoisotopic (exact) mass is 321 g/mol. The summed E-state index contributed by atoms with van der Waals surface area (Å²) in [6.45, 7) is 1.76. The maximum Gasteiger partial charge on any atom is 0.275 e. The van der Waals surface area contributed by atoms with E-state index in [-0.39, 0.29) is 17.2 Å². The van der Waals surface area contributed by atoms with Crippen molar-refractivity contribution in [2.45, 2.75) is 19.6 Å². The second kappa shape index (κ2) is 6.51. The highest BCUT2D eigenvalue weighted by Crippen LogP contribution is 2.25. The third-order valence-corrected chi connectivity index (χ3v) is 4.33. The number of hydrogen-bond acceptors (Lipinski definition) is 5. The van der Waals surface area contributed by atoms with Gasteiger partial charge >= 0.3 is 0 Å². The van der Waals surface area contributed by atoms with Crippen LogP contribution in [0.2, 0.25) is 0 Å². The fourth-order valence-corrected chi connectivity index (χ4v) is 3.17. The van der Waals surface area contributed by atoms with Gasteiger partial charge in [-0.1, -0.05) is 6.07 Å². The van der Waals surface area contributed by atoms with E-state index in [1.165, 1.54) is 11.3 Å². The van der Waals surface area contributed by atoms with Gasteiger partial charge in [-0.3, -0.25) is 4.79 Å². The first kappa shape index (κ1) is 15.1. The van der Waals surface area contributed by atoms with Crippen LogP contribution >= 0.6 is 11.3 Å². The molecule has 1 aliphatic rings. The van der Waals surface area contributed by atoms with Gasteiger partial charge in [0.2, 0.25) is 0 Å². The average molecular weight is 321 g/mol. The Labute approximate surface area is 131 Å². The van der Waals surface area contributed by atoms with Crippen molar-refractivity contribution in [3.63, 3.8) is 0 Å². The second-order valence-corrected chi connectivity index (χ2v) is 5.95. The number of anilines is 1. The molecule has 0 radical (unpaired) electrons. The van der Waals surface area contributed by atoms with E-state index in [1.54, 1.807) is 18.6 Å². The number of benzene rings is 1. The number of nitrogens with zero attached hydrogens (tertiary/aromatic N) is 1. The van der Waals surface area contributed by atoms with Gasteiger partial charge in [-0.05, 0) is 30.2 Å². The fourth-order valence-electron chi connectivity index (χ4n) is 2.42. The predicted octanol–water partition coefficient (Wildman–Crippen LogP) is 2.33. The van der Waals surface area contributed by atoms with E-state index in [4.69, 9.17) is 4.74 Å². The minimum absolute atomic E-state index is 0.201. The molecule has 22 heavy (non-hydrogen) atoms.